The maximum atomic E-state index is 13.6. The number of hydrogen-bond acceptors (Lipinski definition) is 7. The van der Waals surface area contributed by atoms with Crippen LogP contribution in [0.4, 0.5) is 5.69 Å². The maximum absolute atomic E-state index is 13.6. The number of ether oxygens (including phenoxy) is 2. The van der Waals surface area contributed by atoms with E-state index >= 15 is 0 Å². The van der Waals surface area contributed by atoms with Gasteiger partial charge in [0, 0.05) is 0 Å². The van der Waals surface area contributed by atoms with Gasteiger partial charge in [0.15, 0.2) is 6.61 Å². The van der Waals surface area contributed by atoms with Crippen molar-refractivity contribution in [3.8, 4) is 5.75 Å². The molecule has 0 aromatic heterocycles. The van der Waals surface area contributed by atoms with Crippen molar-refractivity contribution in [3.63, 3.8) is 0 Å². The summed E-state index contributed by atoms with van der Waals surface area (Å²) in [5, 5.41) is 3.97. The molecule has 212 valence electrons. The summed E-state index contributed by atoms with van der Waals surface area (Å²) in [5.41, 5.74) is 5.52. The molecule has 0 saturated carbocycles. The third kappa shape index (κ3) is 8.94. The van der Waals surface area contributed by atoms with Crippen LogP contribution in [0.15, 0.2) is 76.7 Å². The van der Waals surface area contributed by atoms with Gasteiger partial charge >= 0.3 is 5.97 Å². The second-order valence-corrected chi connectivity index (χ2v) is 12.3. The van der Waals surface area contributed by atoms with E-state index in [0.29, 0.717) is 17.0 Å². The molecule has 0 unspecified atom stereocenters. The Hall–Kier alpha value is -4.18. The quantitative estimate of drug-likeness (QED) is 0.217. The molecule has 1 N–H and O–H groups in total. The Morgan fingerprint density at radius 3 is 2.08 bits per heavy atom. The van der Waals surface area contributed by atoms with E-state index < -0.39 is 34.0 Å². The summed E-state index contributed by atoms with van der Waals surface area (Å²) in [6.07, 6.45) is 1.42. The molecule has 0 spiro atoms. The topological polar surface area (TPSA) is 114 Å². The van der Waals surface area contributed by atoms with Crippen LogP contribution in [0, 0.1) is 20.8 Å². The van der Waals surface area contributed by atoms with Gasteiger partial charge in [0.1, 0.15) is 17.9 Å². The SMILES string of the molecule is Cc1ccc(S(=O)(=O)N(CC(=O)N/N=C\c2ccc(OCC(=O)OC(C)(C)C)cc2)c2cc(C)cc(C)c2)cc1. The molecule has 0 aliphatic carbocycles. The molecule has 0 atom stereocenters. The van der Waals surface area contributed by atoms with Crippen LogP contribution >= 0.6 is 0 Å². The van der Waals surface area contributed by atoms with Gasteiger partial charge in [-0.15, -0.1) is 0 Å². The third-order valence-electron chi connectivity index (χ3n) is 5.45. The van der Waals surface area contributed by atoms with Gasteiger partial charge in [-0.25, -0.2) is 18.6 Å². The number of esters is 1. The smallest absolute Gasteiger partial charge is 0.344 e. The number of benzene rings is 3. The minimum absolute atomic E-state index is 0.0857. The van der Waals surface area contributed by atoms with Crippen molar-refractivity contribution in [1.29, 1.82) is 0 Å². The number of hydrazone groups is 1. The first-order valence-corrected chi connectivity index (χ1v) is 14.1. The van der Waals surface area contributed by atoms with Crippen LogP contribution in [0.25, 0.3) is 0 Å². The van der Waals surface area contributed by atoms with E-state index in [1.165, 1.54) is 18.3 Å². The molecule has 40 heavy (non-hydrogen) atoms. The van der Waals surface area contributed by atoms with E-state index in [9.17, 15) is 18.0 Å². The first kappa shape index (κ1) is 30.4. The number of aryl methyl sites for hydroxylation is 3. The lowest BCUT2D eigenvalue weighted by Crippen LogP contribution is -2.39. The Kier molecular flexibility index (Phi) is 9.70. The average Bonchev–Trinajstić information content (AvgIpc) is 2.85. The molecule has 3 rings (SSSR count). The highest BCUT2D eigenvalue weighted by molar-refractivity contribution is 7.92. The van der Waals surface area contributed by atoms with Crippen molar-refractivity contribution in [2.24, 2.45) is 5.10 Å². The average molecular weight is 566 g/mol. The molecule has 3 aromatic rings. The van der Waals surface area contributed by atoms with Gasteiger partial charge in [0.2, 0.25) is 0 Å². The lowest BCUT2D eigenvalue weighted by atomic mass is 10.1. The first-order chi connectivity index (χ1) is 18.7. The highest BCUT2D eigenvalue weighted by Gasteiger charge is 2.27. The van der Waals surface area contributed by atoms with Gasteiger partial charge in [-0.05, 0) is 107 Å². The van der Waals surface area contributed by atoms with Crippen molar-refractivity contribution in [2.75, 3.05) is 17.5 Å². The molecule has 0 aliphatic heterocycles. The third-order valence-corrected chi connectivity index (χ3v) is 7.24. The van der Waals surface area contributed by atoms with E-state index in [2.05, 4.69) is 10.5 Å². The van der Waals surface area contributed by atoms with Crippen LogP contribution in [0.1, 0.15) is 43.0 Å². The molecular weight excluding hydrogens is 530 g/mol. The zero-order valence-corrected chi connectivity index (χ0v) is 24.4. The summed E-state index contributed by atoms with van der Waals surface area (Å²) in [6, 6.07) is 18.6. The Labute approximate surface area is 235 Å². The molecule has 0 radical (unpaired) electrons. The molecule has 0 aliphatic rings. The van der Waals surface area contributed by atoms with E-state index in [1.807, 2.05) is 26.8 Å². The zero-order chi connectivity index (χ0) is 29.5. The predicted molar refractivity (Wildman–Crippen MR) is 155 cm³/mol. The number of nitrogens with zero attached hydrogens (tertiary/aromatic N) is 2. The van der Waals surface area contributed by atoms with Crippen LogP contribution < -0.4 is 14.5 Å². The maximum Gasteiger partial charge on any atom is 0.344 e. The van der Waals surface area contributed by atoms with Crippen molar-refractivity contribution >= 4 is 33.8 Å². The predicted octanol–water partition coefficient (Wildman–Crippen LogP) is 4.68. The minimum atomic E-state index is -4.03. The van der Waals surface area contributed by atoms with Gasteiger partial charge in [0.25, 0.3) is 15.9 Å². The van der Waals surface area contributed by atoms with E-state index in [-0.39, 0.29) is 11.5 Å². The summed E-state index contributed by atoms with van der Waals surface area (Å²) in [4.78, 5) is 24.7. The van der Waals surface area contributed by atoms with Gasteiger partial charge in [-0.2, -0.15) is 5.10 Å². The number of carbonyl (C=O) groups excluding carboxylic acids is 2. The Morgan fingerprint density at radius 1 is 0.900 bits per heavy atom. The first-order valence-electron chi connectivity index (χ1n) is 12.7. The summed E-state index contributed by atoms with van der Waals surface area (Å²) in [5.74, 6) is -0.610. The van der Waals surface area contributed by atoms with Crippen molar-refractivity contribution in [1.82, 2.24) is 5.43 Å². The van der Waals surface area contributed by atoms with Gasteiger partial charge in [0.05, 0.1) is 16.8 Å². The summed E-state index contributed by atoms with van der Waals surface area (Å²) < 4.78 is 38.8. The Morgan fingerprint density at radius 2 is 1.50 bits per heavy atom. The number of amides is 1. The fourth-order valence-electron chi connectivity index (χ4n) is 3.76. The molecule has 0 heterocycles. The molecule has 0 saturated heterocycles. The van der Waals surface area contributed by atoms with Crippen LogP contribution in [0.5, 0.6) is 5.75 Å². The number of rotatable bonds is 10. The van der Waals surface area contributed by atoms with Crippen LogP contribution in [0.2, 0.25) is 0 Å². The second-order valence-electron chi connectivity index (χ2n) is 10.4. The fourth-order valence-corrected chi connectivity index (χ4v) is 5.16. The van der Waals surface area contributed by atoms with Gasteiger partial charge in [-0.3, -0.25) is 9.10 Å². The highest BCUT2D eigenvalue weighted by Crippen LogP contribution is 2.26. The summed E-state index contributed by atoms with van der Waals surface area (Å²) in [7, 11) is -4.03. The largest absolute Gasteiger partial charge is 0.482 e. The van der Waals surface area contributed by atoms with Crippen molar-refractivity contribution in [2.45, 2.75) is 52.0 Å². The number of nitrogens with one attached hydrogen (secondary N) is 1. The number of anilines is 1. The highest BCUT2D eigenvalue weighted by atomic mass is 32.2. The van der Waals surface area contributed by atoms with Crippen molar-refractivity contribution < 1.29 is 27.5 Å². The lowest BCUT2D eigenvalue weighted by molar-refractivity contribution is -0.157. The second kappa shape index (κ2) is 12.8. The molecule has 10 heteroatoms. The van der Waals surface area contributed by atoms with E-state index in [4.69, 9.17) is 9.47 Å². The zero-order valence-electron chi connectivity index (χ0n) is 23.6. The normalized spacial score (nSPS) is 11.8. The van der Waals surface area contributed by atoms with Crippen molar-refractivity contribution in [3.05, 3.63) is 89.0 Å². The van der Waals surface area contributed by atoms with Gasteiger partial charge in [-0.1, -0.05) is 23.8 Å². The van der Waals surface area contributed by atoms with E-state index in [0.717, 1.165) is 21.0 Å². The summed E-state index contributed by atoms with van der Waals surface area (Å²) in [6.45, 7) is 10.3. The number of sulfonamides is 1. The Balaban J connectivity index is 1.68. The molecule has 9 nitrogen and oxygen atoms in total. The Bertz CT molecular complexity index is 1460. The standard InChI is InChI=1S/C30H35N3O6S/c1-21-7-13-27(14-8-21)40(36,37)33(25-16-22(2)15-23(3)17-25)19-28(34)32-31-18-24-9-11-26(12-10-24)38-20-29(35)39-30(4,5)6/h7-18H,19-20H2,1-6H3,(H,32,34)/b31-18-. The van der Waals surface area contributed by atoms with E-state index in [1.54, 1.807) is 69.3 Å². The molecule has 0 fully saturated rings. The minimum Gasteiger partial charge on any atom is -0.482 e. The molecule has 1 amide bonds. The number of carbonyl (C=O) groups is 2. The van der Waals surface area contributed by atoms with Crippen LogP contribution in [-0.2, 0) is 24.3 Å². The molecular formula is C30H35N3O6S. The van der Waals surface area contributed by atoms with Gasteiger partial charge < -0.3 is 9.47 Å². The lowest BCUT2D eigenvalue weighted by Gasteiger charge is -2.24. The monoisotopic (exact) mass is 565 g/mol. The molecule has 3 aromatic carbocycles. The van der Waals surface area contributed by atoms with Crippen LogP contribution in [-0.4, -0.2) is 45.3 Å². The van der Waals surface area contributed by atoms with Crippen LogP contribution in [0.3, 0.4) is 0 Å². The summed E-state index contributed by atoms with van der Waals surface area (Å²) >= 11 is 0. The number of hydrogen-bond donors (Lipinski definition) is 1. The molecule has 0 bridgehead atoms. The fraction of sp³-hybridized carbons (Fsp3) is 0.300.